The molecule has 1 unspecified atom stereocenters. The molecule has 0 saturated carbocycles. The molecule has 0 radical (unpaired) electrons. The van der Waals surface area contributed by atoms with Crippen LogP contribution in [-0.4, -0.2) is 28.5 Å². The first kappa shape index (κ1) is 10.3. The number of carbonyl (C=O) groups excluding carboxylic acids is 2. The van der Waals surface area contributed by atoms with Crippen LogP contribution in [0, 0.1) is 0 Å². The van der Waals surface area contributed by atoms with E-state index >= 15 is 0 Å². The molecule has 0 amide bonds. The van der Waals surface area contributed by atoms with E-state index < -0.39 is 18.6 Å². The van der Waals surface area contributed by atoms with Crippen molar-refractivity contribution in [3.8, 4) is 0 Å². The van der Waals surface area contributed by atoms with Gasteiger partial charge in [0.1, 0.15) is 0 Å². The molecule has 0 aliphatic carbocycles. The van der Waals surface area contributed by atoms with Crippen LogP contribution in [0.5, 0.6) is 0 Å². The molecule has 1 N–H and O–H groups in total. The van der Waals surface area contributed by atoms with Crippen LogP contribution in [0.25, 0.3) is 0 Å². The van der Waals surface area contributed by atoms with Gasteiger partial charge in [-0.2, -0.15) is 0 Å². The Balaban J connectivity index is 1.93. The van der Waals surface area contributed by atoms with Crippen LogP contribution in [0.2, 0.25) is 0 Å². The molecule has 1 atom stereocenters. The first-order chi connectivity index (χ1) is 11.2. The van der Waals surface area contributed by atoms with Crippen molar-refractivity contribution >= 4 is 11.8 Å². The number of carbonyl (C=O) groups is 2. The minimum absolute atomic E-state index is 0.0485. The number of methoxy groups -OCH3 is 1. The summed E-state index contributed by atoms with van der Waals surface area (Å²) in [6, 6.07) is 11.6. The molecule has 0 saturated heterocycles. The van der Waals surface area contributed by atoms with Gasteiger partial charge in [0.25, 0.3) is 0 Å². The molecule has 5 heteroatoms. The Morgan fingerprint density at radius 3 is 2.76 bits per heavy atom. The van der Waals surface area contributed by atoms with Gasteiger partial charge in [-0.1, -0.05) is 30.3 Å². The number of aromatic nitrogens is 1. The van der Waals surface area contributed by atoms with Crippen LogP contribution in [0.15, 0.2) is 42.5 Å². The molecule has 1 aliphatic rings. The van der Waals surface area contributed by atoms with Crippen molar-refractivity contribution in [1.82, 2.24) is 4.57 Å². The highest BCUT2D eigenvalue weighted by Gasteiger charge is 2.46. The fourth-order valence-electron chi connectivity index (χ4n) is 2.70. The molecule has 2 aromatic rings. The van der Waals surface area contributed by atoms with Crippen molar-refractivity contribution in [3.05, 3.63) is 59.4 Å². The van der Waals surface area contributed by atoms with E-state index in [-0.39, 0.29) is 24.4 Å². The van der Waals surface area contributed by atoms with Crippen LogP contribution in [-0.2, 0) is 21.7 Å². The smallest absolute Gasteiger partial charge is 0.344 e. The molecule has 108 valence electrons. The Hall–Kier alpha value is -2.40. The van der Waals surface area contributed by atoms with Crippen molar-refractivity contribution < 1.29 is 23.5 Å². The zero-order valence-electron chi connectivity index (χ0n) is 14.1. The van der Waals surface area contributed by atoms with Gasteiger partial charge in [-0.05, 0) is 12.1 Å². The lowest BCUT2D eigenvalue weighted by Crippen LogP contribution is -2.34. The number of esters is 1. The Labute approximate surface area is 126 Å². The maximum atomic E-state index is 12.6. The monoisotopic (exact) mass is 288 g/mol. The summed E-state index contributed by atoms with van der Waals surface area (Å²) in [6.45, 7) is 0.211. The van der Waals surface area contributed by atoms with Crippen molar-refractivity contribution in [2.45, 2.75) is 18.6 Å². The number of aliphatic hydroxyl groups is 1. The molecule has 1 aromatic heterocycles. The molecule has 3 rings (SSSR count). The van der Waals surface area contributed by atoms with Crippen molar-refractivity contribution in [2.75, 3.05) is 7.04 Å². The van der Waals surface area contributed by atoms with Gasteiger partial charge < -0.3 is 14.4 Å². The number of benzene rings is 1. The summed E-state index contributed by atoms with van der Waals surface area (Å²) in [5, 5.41) is 10.6. The zero-order chi connectivity index (χ0) is 17.5. The third kappa shape index (κ3) is 1.97. The molecule has 1 aliphatic heterocycles. The van der Waals surface area contributed by atoms with Gasteiger partial charge in [-0.3, -0.25) is 4.79 Å². The van der Waals surface area contributed by atoms with Crippen molar-refractivity contribution in [2.24, 2.45) is 0 Å². The second kappa shape index (κ2) is 4.86. The number of fused-ring (bicyclic) bond motifs is 1. The van der Waals surface area contributed by atoms with Gasteiger partial charge in [0.05, 0.1) is 22.5 Å². The summed E-state index contributed by atoms with van der Waals surface area (Å²) in [6.07, 6.45) is -0.0485. The summed E-state index contributed by atoms with van der Waals surface area (Å²) >= 11 is 0. The van der Waals surface area contributed by atoms with E-state index in [0.717, 1.165) is 0 Å². The van der Waals surface area contributed by atoms with E-state index in [9.17, 15) is 14.7 Å². The van der Waals surface area contributed by atoms with E-state index in [4.69, 9.17) is 4.11 Å². The van der Waals surface area contributed by atoms with Crippen LogP contribution < -0.4 is 0 Å². The minimum Gasteiger partial charge on any atom is -0.467 e. The third-order valence-electron chi connectivity index (χ3n) is 3.80. The van der Waals surface area contributed by atoms with Crippen molar-refractivity contribution in [3.63, 3.8) is 0 Å². The lowest BCUT2D eigenvalue weighted by atomic mass is 9.99. The normalized spacial score (nSPS) is 22.8. The first-order valence-electron chi connectivity index (χ1n) is 7.98. The van der Waals surface area contributed by atoms with Gasteiger partial charge in [0, 0.05) is 18.5 Å². The van der Waals surface area contributed by atoms with Gasteiger partial charge in [-0.25, -0.2) is 4.79 Å². The maximum absolute atomic E-state index is 12.6. The molecule has 2 heterocycles. The highest BCUT2D eigenvalue weighted by Crippen LogP contribution is 2.35. The Morgan fingerprint density at radius 1 is 1.29 bits per heavy atom. The number of ketones is 1. The standard InChI is InChI=1S/C16H15NO4/c1-21-15(19)16(20)9-10-17-12(7-8-13(16)17)14(18)11-5-3-2-4-6-11/h2-8,20H,9-10H2,1H3/i1D3. The molecular weight excluding hydrogens is 270 g/mol. The summed E-state index contributed by atoms with van der Waals surface area (Å²) in [5.41, 5.74) is -1.09. The van der Waals surface area contributed by atoms with Crippen LogP contribution in [0.3, 0.4) is 0 Å². The van der Waals surface area contributed by atoms with E-state index in [1.807, 2.05) is 0 Å². The number of nitrogens with zero attached hydrogens (tertiary/aromatic N) is 1. The van der Waals surface area contributed by atoms with Gasteiger partial charge in [-0.15, -0.1) is 0 Å². The topological polar surface area (TPSA) is 68.5 Å². The zero-order valence-corrected chi connectivity index (χ0v) is 11.1. The van der Waals surface area contributed by atoms with E-state index in [0.29, 0.717) is 11.3 Å². The molecule has 0 bridgehead atoms. The second-order valence-electron chi connectivity index (χ2n) is 4.95. The van der Waals surface area contributed by atoms with Gasteiger partial charge in [0.2, 0.25) is 11.4 Å². The second-order valence-corrected chi connectivity index (χ2v) is 4.95. The molecule has 21 heavy (non-hydrogen) atoms. The van der Waals surface area contributed by atoms with Crippen LogP contribution in [0.1, 0.15) is 32.3 Å². The fraction of sp³-hybridized carbons (Fsp3) is 0.250. The highest BCUT2D eigenvalue weighted by atomic mass is 16.5. The van der Waals surface area contributed by atoms with E-state index in [1.165, 1.54) is 16.7 Å². The highest BCUT2D eigenvalue weighted by molar-refractivity contribution is 6.08. The van der Waals surface area contributed by atoms with Crippen LogP contribution >= 0.6 is 0 Å². The largest absolute Gasteiger partial charge is 0.467 e. The Kier molecular flexibility index (Phi) is 2.39. The predicted molar refractivity (Wildman–Crippen MR) is 74.8 cm³/mol. The Bertz CT molecular complexity index is 797. The lowest BCUT2D eigenvalue weighted by Gasteiger charge is -2.18. The SMILES string of the molecule is [2H]C([2H])([2H])OC(=O)C1(O)CCn2c(C(=O)c3ccccc3)ccc21. The summed E-state index contributed by atoms with van der Waals surface area (Å²) in [5.74, 6) is -1.48. The van der Waals surface area contributed by atoms with Gasteiger partial charge >= 0.3 is 5.97 Å². The third-order valence-corrected chi connectivity index (χ3v) is 3.80. The van der Waals surface area contributed by atoms with E-state index in [1.54, 1.807) is 30.3 Å². The number of hydrogen-bond donors (Lipinski definition) is 1. The number of hydrogen-bond acceptors (Lipinski definition) is 4. The molecule has 5 nitrogen and oxygen atoms in total. The molecular formula is C16H15NO4. The average Bonchev–Trinajstić information content (AvgIpc) is 3.08. The molecule has 0 fully saturated rings. The van der Waals surface area contributed by atoms with Crippen LogP contribution in [0.4, 0.5) is 0 Å². The van der Waals surface area contributed by atoms with Crippen molar-refractivity contribution in [1.29, 1.82) is 0 Å². The average molecular weight is 288 g/mol. The molecule has 0 spiro atoms. The minimum atomic E-state index is -2.94. The van der Waals surface area contributed by atoms with Gasteiger partial charge in [0.15, 0.2) is 0 Å². The quantitative estimate of drug-likeness (QED) is 0.686. The number of ether oxygens (including phenoxy) is 1. The maximum Gasteiger partial charge on any atom is 0.344 e. The van der Waals surface area contributed by atoms with E-state index in [2.05, 4.69) is 4.74 Å². The number of rotatable bonds is 3. The first-order valence-corrected chi connectivity index (χ1v) is 6.48. The lowest BCUT2D eigenvalue weighted by molar-refractivity contribution is -0.163. The Morgan fingerprint density at radius 2 is 2.05 bits per heavy atom. The fourth-order valence-corrected chi connectivity index (χ4v) is 2.70. The predicted octanol–water partition coefficient (Wildman–Crippen LogP) is 1.48. The summed E-state index contributed by atoms with van der Waals surface area (Å²) < 4.78 is 26.9. The summed E-state index contributed by atoms with van der Waals surface area (Å²) in [7, 11) is -2.94. The summed E-state index contributed by atoms with van der Waals surface area (Å²) in [4.78, 5) is 24.6. The molecule has 1 aromatic carbocycles.